The highest BCUT2D eigenvalue weighted by molar-refractivity contribution is 9.10. The minimum atomic E-state index is 0.564. The van der Waals surface area contributed by atoms with E-state index in [0.29, 0.717) is 6.04 Å². The van der Waals surface area contributed by atoms with Crippen LogP contribution in [0.1, 0.15) is 25.0 Å². The summed E-state index contributed by atoms with van der Waals surface area (Å²) in [5, 5.41) is 3.43. The molecule has 96 valence electrons. The number of aryl methyl sites for hydroxylation is 1. The van der Waals surface area contributed by atoms with Crippen molar-refractivity contribution in [3.8, 4) is 0 Å². The number of hydrogen-bond donors (Lipinski definition) is 1. The number of nitrogens with one attached hydrogen (secondary N) is 1. The van der Waals surface area contributed by atoms with Gasteiger partial charge in [0.25, 0.3) is 0 Å². The smallest absolute Gasteiger partial charge is 0.0249 e. The van der Waals surface area contributed by atoms with Crippen LogP contribution in [-0.4, -0.2) is 31.1 Å². The lowest BCUT2D eigenvalue weighted by Gasteiger charge is -2.19. The Morgan fingerprint density at radius 2 is 2.06 bits per heavy atom. The summed E-state index contributed by atoms with van der Waals surface area (Å²) >= 11 is 3.66. The van der Waals surface area contributed by atoms with E-state index in [1.165, 1.54) is 15.6 Å². The van der Waals surface area contributed by atoms with Crippen molar-refractivity contribution >= 4 is 15.9 Å². The van der Waals surface area contributed by atoms with Gasteiger partial charge < -0.3 is 10.2 Å². The third-order valence-electron chi connectivity index (χ3n) is 2.76. The van der Waals surface area contributed by atoms with Gasteiger partial charge in [-0.1, -0.05) is 48.0 Å². The molecule has 2 nitrogen and oxygen atoms in total. The van der Waals surface area contributed by atoms with Gasteiger partial charge in [-0.15, -0.1) is 0 Å². The van der Waals surface area contributed by atoms with Crippen LogP contribution in [-0.2, 0) is 6.54 Å². The molecule has 1 N–H and O–H groups in total. The summed E-state index contributed by atoms with van der Waals surface area (Å²) in [6.07, 6.45) is 0. The Bertz CT molecular complexity index is 350. The molecule has 0 saturated carbocycles. The van der Waals surface area contributed by atoms with Gasteiger partial charge in [-0.3, -0.25) is 0 Å². The van der Waals surface area contributed by atoms with Gasteiger partial charge in [-0.25, -0.2) is 0 Å². The van der Waals surface area contributed by atoms with Gasteiger partial charge in [-0.05, 0) is 25.1 Å². The molecule has 0 aliphatic carbocycles. The minimum absolute atomic E-state index is 0.564. The van der Waals surface area contributed by atoms with Crippen LogP contribution in [0.4, 0.5) is 0 Å². The second-order valence-corrected chi connectivity index (χ2v) is 5.69. The lowest BCUT2D eigenvalue weighted by atomic mass is 10.1. The summed E-state index contributed by atoms with van der Waals surface area (Å²) in [4.78, 5) is 2.34. The lowest BCUT2D eigenvalue weighted by Crippen LogP contribution is -2.32. The van der Waals surface area contributed by atoms with Gasteiger partial charge in [0.05, 0.1) is 0 Å². The molecule has 0 aliphatic rings. The molecule has 1 aromatic rings. The first-order valence-electron chi connectivity index (χ1n) is 6.16. The molecule has 0 aromatic heterocycles. The third kappa shape index (κ3) is 5.19. The van der Waals surface area contributed by atoms with Crippen LogP contribution in [0.25, 0.3) is 0 Å². The predicted molar refractivity (Wildman–Crippen MR) is 78.4 cm³/mol. The summed E-state index contributed by atoms with van der Waals surface area (Å²) < 4.78 is 1.24. The van der Waals surface area contributed by atoms with Gasteiger partial charge in [0.2, 0.25) is 0 Å². The zero-order chi connectivity index (χ0) is 12.8. The van der Waals surface area contributed by atoms with Crippen molar-refractivity contribution in [1.29, 1.82) is 0 Å². The Morgan fingerprint density at radius 1 is 1.35 bits per heavy atom. The van der Waals surface area contributed by atoms with Gasteiger partial charge in [0.1, 0.15) is 0 Å². The van der Waals surface area contributed by atoms with Crippen LogP contribution in [0, 0.1) is 6.92 Å². The standard InChI is InChI=1S/C14H23BrN2/c1-11(2)16-8-9-17(4)10-13-7-5-6-12(3)14(13)15/h5-7,11,16H,8-10H2,1-4H3. The average Bonchev–Trinajstić information content (AvgIpc) is 2.24. The van der Waals surface area contributed by atoms with E-state index in [9.17, 15) is 0 Å². The molecule has 0 radical (unpaired) electrons. The number of hydrogen-bond acceptors (Lipinski definition) is 2. The fraction of sp³-hybridized carbons (Fsp3) is 0.571. The molecule has 1 rings (SSSR count). The highest BCUT2D eigenvalue weighted by Gasteiger charge is 2.05. The van der Waals surface area contributed by atoms with Gasteiger partial charge >= 0.3 is 0 Å². The first kappa shape index (κ1) is 14.7. The fourth-order valence-electron chi connectivity index (χ4n) is 1.74. The zero-order valence-corrected chi connectivity index (χ0v) is 12.8. The number of nitrogens with zero attached hydrogens (tertiary/aromatic N) is 1. The van der Waals surface area contributed by atoms with Crippen LogP contribution in [0.5, 0.6) is 0 Å². The van der Waals surface area contributed by atoms with Crippen LogP contribution >= 0.6 is 15.9 Å². The molecular formula is C14H23BrN2. The Kier molecular flexibility index (Phi) is 6.17. The van der Waals surface area contributed by atoms with Crippen LogP contribution in [0.2, 0.25) is 0 Å². The first-order chi connectivity index (χ1) is 8.00. The molecule has 1 aromatic carbocycles. The second kappa shape index (κ2) is 7.14. The first-order valence-corrected chi connectivity index (χ1v) is 6.96. The molecule has 17 heavy (non-hydrogen) atoms. The van der Waals surface area contributed by atoms with Crippen molar-refractivity contribution in [2.45, 2.75) is 33.4 Å². The maximum absolute atomic E-state index is 3.66. The van der Waals surface area contributed by atoms with Crippen molar-refractivity contribution in [2.75, 3.05) is 20.1 Å². The number of rotatable bonds is 6. The normalized spacial score (nSPS) is 11.5. The van der Waals surface area contributed by atoms with E-state index in [-0.39, 0.29) is 0 Å². The van der Waals surface area contributed by atoms with Crippen molar-refractivity contribution < 1.29 is 0 Å². The van der Waals surface area contributed by atoms with Gasteiger partial charge in [-0.2, -0.15) is 0 Å². The molecule has 0 fully saturated rings. The molecule has 0 saturated heterocycles. The molecule has 3 heteroatoms. The van der Waals surface area contributed by atoms with E-state index >= 15 is 0 Å². The van der Waals surface area contributed by atoms with E-state index in [1.54, 1.807) is 0 Å². The van der Waals surface area contributed by atoms with E-state index in [4.69, 9.17) is 0 Å². The molecular weight excluding hydrogens is 276 g/mol. The predicted octanol–water partition coefficient (Wildman–Crippen LogP) is 3.19. The molecule has 0 aliphatic heterocycles. The topological polar surface area (TPSA) is 15.3 Å². The summed E-state index contributed by atoms with van der Waals surface area (Å²) in [6, 6.07) is 7.00. The van der Waals surface area contributed by atoms with E-state index in [0.717, 1.165) is 19.6 Å². The van der Waals surface area contributed by atoms with Crippen LogP contribution in [0.3, 0.4) is 0 Å². The molecule has 0 atom stereocenters. The Hall–Kier alpha value is -0.380. The molecule has 0 heterocycles. The van der Waals surface area contributed by atoms with E-state index in [2.05, 4.69) is 72.2 Å². The summed E-state index contributed by atoms with van der Waals surface area (Å²) in [7, 11) is 2.16. The van der Waals surface area contributed by atoms with Crippen molar-refractivity contribution in [2.24, 2.45) is 0 Å². The Morgan fingerprint density at radius 3 is 2.71 bits per heavy atom. The van der Waals surface area contributed by atoms with Gasteiger partial charge in [0.15, 0.2) is 0 Å². The van der Waals surface area contributed by atoms with Crippen LogP contribution in [0.15, 0.2) is 22.7 Å². The summed E-state index contributed by atoms with van der Waals surface area (Å²) in [5.41, 5.74) is 2.66. The highest BCUT2D eigenvalue weighted by Crippen LogP contribution is 2.21. The summed E-state index contributed by atoms with van der Waals surface area (Å²) in [5.74, 6) is 0. The van der Waals surface area contributed by atoms with E-state index < -0.39 is 0 Å². The number of benzene rings is 1. The number of halogens is 1. The average molecular weight is 299 g/mol. The molecule has 0 bridgehead atoms. The van der Waals surface area contributed by atoms with Crippen molar-refractivity contribution in [3.05, 3.63) is 33.8 Å². The minimum Gasteiger partial charge on any atom is -0.313 e. The lowest BCUT2D eigenvalue weighted by molar-refractivity contribution is 0.319. The SMILES string of the molecule is Cc1cccc(CN(C)CCNC(C)C)c1Br. The van der Waals surface area contributed by atoms with Gasteiger partial charge in [0, 0.05) is 30.1 Å². The van der Waals surface area contributed by atoms with E-state index in [1.807, 2.05) is 0 Å². The van der Waals surface area contributed by atoms with Crippen molar-refractivity contribution in [1.82, 2.24) is 10.2 Å². The molecule has 0 amide bonds. The quantitative estimate of drug-likeness (QED) is 0.868. The Balaban J connectivity index is 2.45. The largest absolute Gasteiger partial charge is 0.313 e. The third-order valence-corrected chi connectivity index (χ3v) is 3.89. The second-order valence-electron chi connectivity index (χ2n) is 4.89. The zero-order valence-electron chi connectivity index (χ0n) is 11.3. The van der Waals surface area contributed by atoms with Crippen LogP contribution < -0.4 is 5.32 Å². The van der Waals surface area contributed by atoms with Crippen molar-refractivity contribution in [3.63, 3.8) is 0 Å². The highest BCUT2D eigenvalue weighted by atomic mass is 79.9. The maximum Gasteiger partial charge on any atom is 0.0249 e. The summed E-state index contributed by atoms with van der Waals surface area (Å²) in [6.45, 7) is 9.58. The Labute approximate surface area is 114 Å². The fourth-order valence-corrected chi connectivity index (χ4v) is 2.13. The number of likely N-dealkylation sites (N-methyl/N-ethyl adjacent to an activating group) is 1. The maximum atomic E-state index is 3.66. The molecule has 0 unspecified atom stereocenters. The molecule has 0 spiro atoms. The monoisotopic (exact) mass is 298 g/mol.